The molecule has 4 atom stereocenters. The Labute approximate surface area is 277 Å². The molecule has 1 heterocycles. The number of benzene rings is 4. The largest absolute Gasteiger partial charge is 0.481 e. The molecular formula is C37H37NO8S. The van der Waals surface area contributed by atoms with Crippen LogP contribution in [0.25, 0.3) is 11.1 Å². The summed E-state index contributed by atoms with van der Waals surface area (Å²) in [7, 11) is 0. The Balaban J connectivity index is 1.31. The lowest BCUT2D eigenvalue weighted by molar-refractivity contribution is -0.268. The Morgan fingerprint density at radius 1 is 0.787 bits per heavy atom. The summed E-state index contributed by atoms with van der Waals surface area (Å²) in [4.78, 5) is 34.9. The zero-order valence-corrected chi connectivity index (χ0v) is 26.7. The summed E-state index contributed by atoms with van der Waals surface area (Å²) in [5, 5.41) is 30.3. The van der Waals surface area contributed by atoms with Crippen molar-refractivity contribution in [3.63, 3.8) is 0 Å². The number of nitrogens with one attached hydrogen (secondary N) is 1. The van der Waals surface area contributed by atoms with Crippen molar-refractivity contribution < 1.29 is 39.2 Å². The normalized spacial score (nSPS) is 19.2. The van der Waals surface area contributed by atoms with Crippen LogP contribution in [0.4, 0.5) is 0 Å². The van der Waals surface area contributed by atoms with Gasteiger partial charge in [0.15, 0.2) is 6.29 Å². The van der Waals surface area contributed by atoms with E-state index in [1.807, 2.05) is 84.9 Å². The lowest BCUT2D eigenvalue weighted by atomic mass is 9.91. The summed E-state index contributed by atoms with van der Waals surface area (Å²) in [6.07, 6.45) is -1.33. The smallest absolute Gasteiger partial charge is 0.335 e. The van der Waals surface area contributed by atoms with Crippen molar-refractivity contribution in [2.24, 2.45) is 5.92 Å². The van der Waals surface area contributed by atoms with Crippen LogP contribution in [0.5, 0.6) is 0 Å². The Hall–Kier alpha value is -4.48. The number of aliphatic hydroxyl groups excluding tert-OH is 1. The number of carboxylic acid groups (broad SMARTS) is 2. The molecule has 4 N–H and O–H groups in total. The fraction of sp³-hybridized carbons (Fsp3) is 0.270. The van der Waals surface area contributed by atoms with Gasteiger partial charge in [0.2, 0.25) is 5.91 Å². The van der Waals surface area contributed by atoms with Crippen molar-refractivity contribution in [3.05, 3.63) is 125 Å². The first kappa shape index (κ1) is 33.9. The van der Waals surface area contributed by atoms with E-state index in [9.17, 15) is 24.6 Å². The Morgan fingerprint density at radius 2 is 1.49 bits per heavy atom. The standard InChI is InChI=1S/C37H37NO8S/c1-23-32(22-47-31-15-13-28(14-16-31)36(43)44)45-37(46-35(23)27-7-5-24(21-39)6-8-27)29-11-9-26(10-12-29)30-4-2-3-25(19-30)20-38-33(40)17-18-34(41)42/h2-16,19,23,32,35,37,39H,17-18,20-22H2,1H3,(H,38,40)(H,41,42)(H,43,44). The minimum Gasteiger partial charge on any atom is -0.481 e. The number of thioether (sulfide) groups is 1. The Kier molecular flexibility index (Phi) is 11.4. The van der Waals surface area contributed by atoms with Crippen molar-refractivity contribution in [1.82, 2.24) is 5.32 Å². The highest BCUT2D eigenvalue weighted by Crippen LogP contribution is 2.43. The summed E-state index contributed by atoms with van der Waals surface area (Å²) < 4.78 is 13.2. The summed E-state index contributed by atoms with van der Waals surface area (Å²) >= 11 is 1.60. The summed E-state index contributed by atoms with van der Waals surface area (Å²) in [6.45, 7) is 2.37. The third-order valence-corrected chi connectivity index (χ3v) is 9.24. The van der Waals surface area contributed by atoms with Crippen LogP contribution >= 0.6 is 11.8 Å². The van der Waals surface area contributed by atoms with Crippen molar-refractivity contribution in [1.29, 1.82) is 0 Å². The molecule has 4 aromatic rings. The number of hydrogen-bond donors (Lipinski definition) is 4. The fourth-order valence-corrected chi connectivity index (χ4v) is 6.45. The fourth-order valence-electron chi connectivity index (χ4n) is 5.39. The summed E-state index contributed by atoms with van der Waals surface area (Å²) in [5.74, 6) is -1.63. The third kappa shape index (κ3) is 9.08. The molecule has 1 aliphatic heterocycles. The number of aromatic carboxylic acids is 1. The van der Waals surface area contributed by atoms with Gasteiger partial charge in [-0.2, -0.15) is 0 Å². The van der Waals surface area contributed by atoms with E-state index in [0.29, 0.717) is 12.3 Å². The van der Waals surface area contributed by atoms with E-state index < -0.39 is 18.2 Å². The lowest BCUT2D eigenvalue weighted by Crippen LogP contribution is -2.38. The molecule has 1 aliphatic rings. The first-order valence-electron chi connectivity index (χ1n) is 15.3. The molecule has 4 aromatic carbocycles. The number of carbonyl (C=O) groups is 3. The molecule has 0 aliphatic carbocycles. The molecule has 1 fully saturated rings. The topological polar surface area (TPSA) is 142 Å². The second-order valence-electron chi connectivity index (χ2n) is 11.5. The summed E-state index contributed by atoms with van der Waals surface area (Å²) in [6, 6.07) is 30.3. The molecule has 0 spiro atoms. The van der Waals surface area contributed by atoms with E-state index in [1.165, 1.54) is 0 Å². The van der Waals surface area contributed by atoms with E-state index in [2.05, 4.69) is 12.2 Å². The average Bonchev–Trinajstić information content (AvgIpc) is 3.10. The van der Waals surface area contributed by atoms with Gasteiger partial charge in [0, 0.05) is 35.1 Å². The van der Waals surface area contributed by atoms with E-state index in [4.69, 9.17) is 14.6 Å². The second-order valence-corrected chi connectivity index (χ2v) is 12.5. The molecule has 244 valence electrons. The number of ether oxygens (including phenoxy) is 2. The molecule has 0 saturated carbocycles. The highest BCUT2D eigenvalue weighted by atomic mass is 32.2. The molecule has 0 radical (unpaired) electrons. The van der Waals surface area contributed by atoms with Gasteiger partial charge in [-0.3, -0.25) is 9.59 Å². The number of carbonyl (C=O) groups excluding carboxylic acids is 1. The van der Waals surface area contributed by atoms with Gasteiger partial charge in [0.1, 0.15) is 0 Å². The molecule has 0 bridgehead atoms. The molecule has 9 nitrogen and oxygen atoms in total. The number of aliphatic carboxylic acids is 1. The first-order chi connectivity index (χ1) is 22.7. The lowest BCUT2D eigenvalue weighted by Gasteiger charge is -2.41. The predicted octanol–water partition coefficient (Wildman–Crippen LogP) is 6.61. The van der Waals surface area contributed by atoms with Crippen molar-refractivity contribution in [2.75, 3.05) is 5.75 Å². The quantitative estimate of drug-likeness (QED) is 0.117. The number of amides is 1. The molecule has 4 unspecified atom stereocenters. The van der Waals surface area contributed by atoms with Gasteiger partial charge in [-0.25, -0.2) is 4.79 Å². The summed E-state index contributed by atoms with van der Waals surface area (Å²) in [5.41, 5.74) is 5.76. The number of hydrogen-bond acceptors (Lipinski definition) is 7. The van der Waals surface area contributed by atoms with E-state index >= 15 is 0 Å². The van der Waals surface area contributed by atoms with Crippen molar-refractivity contribution in [3.8, 4) is 11.1 Å². The van der Waals surface area contributed by atoms with Gasteiger partial charge < -0.3 is 30.1 Å². The second kappa shape index (κ2) is 15.9. The molecular weight excluding hydrogens is 618 g/mol. The molecule has 1 amide bonds. The van der Waals surface area contributed by atoms with Crippen LogP contribution in [-0.2, 0) is 32.2 Å². The minimum atomic E-state index is -1.00. The molecule has 47 heavy (non-hydrogen) atoms. The van der Waals surface area contributed by atoms with Crippen LogP contribution in [0.1, 0.15) is 64.8 Å². The van der Waals surface area contributed by atoms with Gasteiger partial charge in [-0.15, -0.1) is 11.8 Å². The maximum atomic E-state index is 12.0. The van der Waals surface area contributed by atoms with Crippen LogP contribution in [0.3, 0.4) is 0 Å². The molecule has 1 saturated heterocycles. The number of aliphatic hydroxyl groups is 1. The molecule has 5 rings (SSSR count). The molecule has 0 aromatic heterocycles. The van der Waals surface area contributed by atoms with E-state index in [1.54, 1.807) is 23.9 Å². The van der Waals surface area contributed by atoms with Gasteiger partial charge >= 0.3 is 11.9 Å². The highest BCUT2D eigenvalue weighted by molar-refractivity contribution is 7.99. The monoisotopic (exact) mass is 655 g/mol. The van der Waals surface area contributed by atoms with E-state index in [-0.39, 0.29) is 49.0 Å². The van der Waals surface area contributed by atoms with Crippen molar-refractivity contribution >= 4 is 29.6 Å². The van der Waals surface area contributed by atoms with Crippen LogP contribution < -0.4 is 5.32 Å². The Bertz CT molecular complexity index is 1670. The maximum Gasteiger partial charge on any atom is 0.335 e. The van der Waals surface area contributed by atoms with E-state index in [0.717, 1.165) is 38.3 Å². The Morgan fingerprint density at radius 3 is 2.15 bits per heavy atom. The first-order valence-corrected chi connectivity index (χ1v) is 16.3. The van der Waals surface area contributed by atoms with Crippen molar-refractivity contribution in [2.45, 2.75) is 56.3 Å². The predicted molar refractivity (Wildman–Crippen MR) is 178 cm³/mol. The van der Waals surface area contributed by atoms with Crippen LogP contribution in [0, 0.1) is 5.92 Å². The molecule has 10 heteroatoms. The minimum absolute atomic E-state index is 0.00338. The maximum absolute atomic E-state index is 12.0. The van der Waals surface area contributed by atoms with Crippen LogP contribution in [-0.4, -0.2) is 45.0 Å². The average molecular weight is 656 g/mol. The van der Waals surface area contributed by atoms with Gasteiger partial charge in [-0.1, -0.05) is 73.7 Å². The van der Waals surface area contributed by atoms with Crippen LogP contribution in [0.2, 0.25) is 0 Å². The van der Waals surface area contributed by atoms with Gasteiger partial charge in [0.25, 0.3) is 0 Å². The van der Waals surface area contributed by atoms with Crippen LogP contribution in [0.15, 0.2) is 102 Å². The zero-order chi connectivity index (χ0) is 33.3. The zero-order valence-electron chi connectivity index (χ0n) is 25.9. The van der Waals surface area contributed by atoms with Gasteiger partial charge in [0.05, 0.1) is 30.8 Å². The number of rotatable bonds is 13. The highest BCUT2D eigenvalue weighted by Gasteiger charge is 2.38. The number of carboxylic acids is 2. The SMILES string of the molecule is CC1C(CSc2ccc(C(=O)O)cc2)OC(c2ccc(-c3cccc(CNC(=O)CCC(=O)O)c3)cc2)OC1c1ccc(CO)cc1. The van der Waals surface area contributed by atoms with Gasteiger partial charge in [-0.05, 0) is 58.1 Å². The third-order valence-electron chi connectivity index (χ3n) is 8.14.